The summed E-state index contributed by atoms with van der Waals surface area (Å²) >= 11 is 0. The highest BCUT2D eigenvalue weighted by Crippen LogP contribution is 2.34. The van der Waals surface area contributed by atoms with Crippen LogP contribution in [0, 0.1) is 0 Å². The zero-order valence-corrected chi connectivity index (χ0v) is 17.3. The third-order valence-corrected chi connectivity index (χ3v) is 6.12. The van der Waals surface area contributed by atoms with E-state index in [0.717, 1.165) is 65.4 Å². The molecule has 31 heavy (non-hydrogen) atoms. The predicted molar refractivity (Wildman–Crippen MR) is 124 cm³/mol. The molecule has 0 aliphatic carbocycles. The third kappa shape index (κ3) is 3.14. The Hall–Kier alpha value is -3.71. The molecule has 7 nitrogen and oxygen atoms in total. The van der Waals surface area contributed by atoms with Gasteiger partial charge in [-0.1, -0.05) is 12.1 Å². The molecule has 0 unspecified atom stereocenters. The molecule has 2 N–H and O–H groups in total. The SMILES string of the molecule is CN1CCN(c2cccc3[nH]c(-c4n[nH]c5ncc(-c6ccccn6)cc45)cc23)CC1. The Bertz CT molecular complexity index is 1360. The Morgan fingerprint density at radius 1 is 0.903 bits per heavy atom. The quantitative estimate of drug-likeness (QED) is 0.472. The average molecular weight is 409 g/mol. The monoisotopic (exact) mass is 409 g/mol. The van der Waals surface area contributed by atoms with Crippen molar-refractivity contribution in [3.05, 3.63) is 60.9 Å². The maximum Gasteiger partial charge on any atom is 0.155 e. The van der Waals surface area contributed by atoms with Crippen LogP contribution in [0.5, 0.6) is 0 Å². The fourth-order valence-corrected chi connectivity index (χ4v) is 4.37. The van der Waals surface area contributed by atoms with Gasteiger partial charge in [-0.25, -0.2) is 4.98 Å². The molecule has 6 rings (SSSR count). The zero-order valence-electron chi connectivity index (χ0n) is 17.3. The van der Waals surface area contributed by atoms with Gasteiger partial charge in [0.15, 0.2) is 5.65 Å². The van der Waals surface area contributed by atoms with E-state index >= 15 is 0 Å². The molecule has 0 atom stereocenters. The van der Waals surface area contributed by atoms with Crippen molar-refractivity contribution in [1.29, 1.82) is 0 Å². The smallest absolute Gasteiger partial charge is 0.155 e. The molecule has 0 bridgehead atoms. The number of hydrogen-bond acceptors (Lipinski definition) is 5. The number of hydrogen-bond donors (Lipinski definition) is 2. The minimum Gasteiger partial charge on any atom is -0.368 e. The Kier molecular flexibility index (Phi) is 4.21. The number of rotatable bonds is 3. The maximum atomic E-state index is 4.59. The summed E-state index contributed by atoms with van der Waals surface area (Å²) in [5, 5.41) is 9.87. The van der Waals surface area contributed by atoms with Gasteiger partial charge < -0.3 is 14.8 Å². The highest BCUT2D eigenvalue weighted by molar-refractivity contribution is 6.00. The zero-order chi connectivity index (χ0) is 20.8. The first kappa shape index (κ1) is 18.1. The molecule has 1 fully saturated rings. The van der Waals surface area contributed by atoms with Gasteiger partial charge in [0.25, 0.3) is 0 Å². The minimum absolute atomic E-state index is 0.771. The molecule has 1 saturated heterocycles. The van der Waals surface area contributed by atoms with Gasteiger partial charge in [0.05, 0.1) is 11.4 Å². The highest BCUT2D eigenvalue weighted by atomic mass is 15.2. The van der Waals surface area contributed by atoms with Crippen LogP contribution in [0.25, 0.3) is 44.6 Å². The lowest BCUT2D eigenvalue weighted by molar-refractivity contribution is 0.313. The number of fused-ring (bicyclic) bond motifs is 2. The van der Waals surface area contributed by atoms with Crippen LogP contribution in [0.2, 0.25) is 0 Å². The summed E-state index contributed by atoms with van der Waals surface area (Å²) in [5.41, 5.74) is 6.91. The van der Waals surface area contributed by atoms with Crippen molar-refractivity contribution < 1.29 is 0 Å². The molecule has 0 saturated carbocycles. The van der Waals surface area contributed by atoms with Crippen molar-refractivity contribution in [3.63, 3.8) is 0 Å². The van der Waals surface area contributed by atoms with Crippen LogP contribution in [-0.4, -0.2) is 63.3 Å². The van der Waals surface area contributed by atoms with Gasteiger partial charge in [0, 0.05) is 66.1 Å². The molecule has 1 aromatic carbocycles. The Labute approximate surface area is 179 Å². The van der Waals surface area contributed by atoms with Crippen LogP contribution in [0.4, 0.5) is 5.69 Å². The van der Waals surface area contributed by atoms with Crippen molar-refractivity contribution in [3.8, 4) is 22.6 Å². The highest BCUT2D eigenvalue weighted by Gasteiger charge is 2.19. The molecule has 5 heterocycles. The second-order valence-corrected chi connectivity index (χ2v) is 8.12. The van der Waals surface area contributed by atoms with E-state index in [4.69, 9.17) is 0 Å². The molecule has 1 aliphatic rings. The van der Waals surface area contributed by atoms with Gasteiger partial charge >= 0.3 is 0 Å². The number of aromatic amines is 2. The molecule has 0 amide bonds. The molecule has 7 heteroatoms. The van der Waals surface area contributed by atoms with E-state index in [1.807, 2.05) is 24.4 Å². The summed E-state index contributed by atoms with van der Waals surface area (Å²) in [6, 6.07) is 16.7. The normalized spacial score (nSPS) is 15.2. The topological polar surface area (TPSA) is 76.7 Å². The molecule has 0 spiro atoms. The van der Waals surface area contributed by atoms with Crippen molar-refractivity contribution in [2.45, 2.75) is 0 Å². The number of nitrogens with zero attached hydrogens (tertiary/aromatic N) is 5. The Balaban J connectivity index is 1.44. The number of nitrogens with one attached hydrogen (secondary N) is 2. The number of benzene rings is 1. The van der Waals surface area contributed by atoms with E-state index in [2.05, 4.69) is 72.3 Å². The lowest BCUT2D eigenvalue weighted by Crippen LogP contribution is -2.44. The van der Waals surface area contributed by atoms with Gasteiger partial charge in [0.2, 0.25) is 0 Å². The summed E-state index contributed by atoms with van der Waals surface area (Å²) < 4.78 is 0. The van der Waals surface area contributed by atoms with Crippen molar-refractivity contribution in [1.82, 2.24) is 30.0 Å². The fourth-order valence-electron chi connectivity index (χ4n) is 4.37. The van der Waals surface area contributed by atoms with Gasteiger partial charge in [-0.3, -0.25) is 10.1 Å². The summed E-state index contributed by atoms with van der Waals surface area (Å²) in [6.07, 6.45) is 3.64. The average Bonchev–Trinajstić information content (AvgIpc) is 3.43. The van der Waals surface area contributed by atoms with Crippen molar-refractivity contribution >= 4 is 27.6 Å². The fraction of sp³-hybridized carbons (Fsp3) is 0.208. The number of pyridine rings is 2. The second-order valence-electron chi connectivity index (χ2n) is 8.12. The standard InChI is InChI=1S/C24H23N7/c1-30-9-11-31(12-10-30)22-7-4-6-20-17(22)14-21(27-20)23-18-13-16(15-26-24(18)29-28-23)19-5-2-3-8-25-19/h2-8,13-15,27H,9-12H2,1H3,(H,26,28,29). The molecule has 5 aromatic rings. The van der Waals surface area contributed by atoms with Crippen molar-refractivity contribution in [2.75, 3.05) is 38.1 Å². The molecule has 1 aliphatic heterocycles. The van der Waals surface area contributed by atoms with E-state index in [1.165, 1.54) is 11.1 Å². The summed E-state index contributed by atoms with van der Waals surface area (Å²) in [6.45, 7) is 4.25. The number of likely N-dealkylation sites (N-methyl/N-ethyl adjacent to an activating group) is 1. The number of H-pyrrole nitrogens is 2. The summed E-state index contributed by atoms with van der Waals surface area (Å²) in [5.74, 6) is 0. The summed E-state index contributed by atoms with van der Waals surface area (Å²) in [7, 11) is 2.18. The van der Waals surface area contributed by atoms with E-state index in [1.54, 1.807) is 6.20 Å². The molecular weight excluding hydrogens is 386 g/mol. The van der Waals surface area contributed by atoms with Gasteiger partial charge in [-0.2, -0.15) is 5.10 Å². The molecule has 0 radical (unpaired) electrons. The Morgan fingerprint density at radius 3 is 2.65 bits per heavy atom. The van der Waals surface area contributed by atoms with E-state index in [0.29, 0.717) is 0 Å². The van der Waals surface area contributed by atoms with E-state index in [-0.39, 0.29) is 0 Å². The van der Waals surface area contributed by atoms with Crippen LogP contribution in [0.1, 0.15) is 0 Å². The maximum absolute atomic E-state index is 4.59. The van der Waals surface area contributed by atoms with Crippen LogP contribution in [0.3, 0.4) is 0 Å². The molecule has 4 aromatic heterocycles. The van der Waals surface area contributed by atoms with Crippen LogP contribution in [0.15, 0.2) is 60.9 Å². The summed E-state index contributed by atoms with van der Waals surface area (Å²) in [4.78, 5) is 17.5. The van der Waals surface area contributed by atoms with E-state index < -0.39 is 0 Å². The van der Waals surface area contributed by atoms with Gasteiger partial charge in [0.1, 0.15) is 5.69 Å². The number of anilines is 1. The largest absolute Gasteiger partial charge is 0.368 e. The van der Waals surface area contributed by atoms with Gasteiger partial charge in [-0.15, -0.1) is 0 Å². The minimum atomic E-state index is 0.771. The Morgan fingerprint density at radius 2 is 1.81 bits per heavy atom. The second kappa shape index (κ2) is 7.21. The van der Waals surface area contributed by atoms with Crippen LogP contribution in [-0.2, 0) is 0 Å². The number of aromatic nitrogens is 5. The van der Waals surface area contributed by atoms with E-state index in [9.17, 15) is 0 Å². The lowest BCUT2D eigenvalue weighted by Gasteiger charge is -2.34. The third-order valence-electron chi connectivity index (χ3n) is 6.12. The number of piperazine rings is 1. The van der Waals surface area contributed by atoms with Crippen LogP contribution < -0.4 is 4.90 Å². The first-order valence-corrected chi connectivity index (χ1v) is 10.6. The van der Waals surface area contributed by atoms with Gasteiger partial charge in [-0.05, 0) is 43.4 Å². The first-order chi connectivity index (χ1) is 15.3. The van der Waals surface area contributed by atoms with Crippen molar-refractivity contribution in [2.24, 2.45) is 0 Å². The first-order valence-electron chi connectivity index (χ1n) is 10.6. The molecular formula is C24H23N7. The molecule has 154 valence electrons. The predicted octanol–water partition coefficient (Wildman–Crippen LogP) is 3.92. The lowest BCUT2D eigenvalue weighted by atomic mass is 10.1. The van der Waals surface area contributed by atoms with Crippen LogP contribution >= 0.6 is 0 Å².